The van der Waals surface area contributed by atoms with Gasteiger partial charge in [-0.3, -0.25) is 4.79 Å². The fourth-order valence-electron chi connectivity index (χ4n) is 3.41. The molecule has 0 radical (unpaired) electrons. The first kappa shape index (κ1) is 14.3. The molecule has 0 aromatic carbocycles. The quantitative estimate of drug-likeness (QED) is 0.933. The Morgan fingerprint density at radius 3 is 2.73 bits per heavy atom. The van der Waals surface area contributed by atoms with Crippen LogP contribution < -0.4 is 5.32 Å². The number of fused-ring (bicyclic) bond motifs is 3. The van der Waals surface area contributed by atoms with Crippen molar-refractivity contribution in [2.75, 3.05) is 19.6 Å². The smallest absolute Gasteiger partial charge is 0.261 e. The summed E-state index contributed by atoms with van der Waals surface area (Å²) in [7, 11) is 0. The lowest BCUT2D eigenvalue weighted by molar-refractivity contribution is 0.0622. The highest BCUT2D eigenvalue weighted by molar-refractivity contribution is 7.17. The molecule has 0 spiro atoms. The minimum absolute atomic E-state index is 0.0210. The Bertz CT molecular complexity index is 688. The fraction of sp³-hybridized carbons (Fsp3) is 0.438. The molecule has 2 bridgehead atoms. The molecule has 1 atom stereocenters. The van der Waals surface area contributed by atoms with Gasteiger partial charge in [-0.15, -0.1) is 11.3 Å². The lowest BCUT2D eigenvalue weighted by atomic mass is 9.84. The third-order valence-electron chi connectivity index (χ3n) is 4.62. The summed E-state index contributed by atoms with van der Waals surface area (Å²) in [6.45, 7) is 3.35. The summed E-state index contributed by atoms with van der Waals surface area (Å²) < 4.78 is 5.39. The summed E-state index contributed by atoms with van der Waals surface area (Å²) in [6, 6.07) is 7.59. The van der Waals surface area contributed by atoms with Crippen LogP contribution in [0.15, 0.2) is 28.7 Å². The van der Waals surface area contributed by atoms with E-state index in [9.17, 15) is 4.79 Å². The van der Waals surface area contributed by atoms with Gasteiger partial charge in [0.15, 0.2) is 5.22 Å². The summed E-state index contributed by atoms with van der Waals surface area (Å²) in [5.74, 6) is 1.36. The van der Waals surface area contributed by atoms with Gasteiger partial charge in [-0.25, -0.2) is 0 Å². The predicted molar refractivity (Wildman–Crippen MR) is 87.4 cm³/mol. The second kappa shape index (κ2) is 5.72. The van der Waals surface area contributed by atoms with Crippen LogP contribution in [0, 0.1) is 5.92 Å². The van der Waals surface area contributed by atoms with E-state index in [4.69, 9.17) is 16.0 Å². The monoisotopic (exact) mass is 336 g/mol. The number of halogens is 1. The number of amides is 1. The van der Waals surface area contributed by atoms with E-state index in [1.54, 1.807) is 6.07 Å². The van der Waals surface area contributed by atoms with Gasteiger partial charge in [-0.05, 0) is 67.7 Å². The zero-order valence-corrected chi connectivity index (χ0v) is 13.6. The van der Waals surface area contributed by atoms with Crippen LogP contribution in [0.5, 0.6) is 0 Å². The van der Waals surface area contributed by atoms with E-state index in [-0.39, 0.29) is 5.91 Å². The van der Waals surface area contributed by atoms with E-state index < -0.39 is 0 Å². The summed E-state index contributed by atoms with van der Waals surface area (Å²) in [5.41, 5.74) is 0. The standard InChI is InChI=1S/C16H17ClN2O2S/c17-15-4-1-12(21-15)13-2-3-14(22-13)16(20)18-11-9-19-7-5-10(11)6-8-19/h1-4,10-11H,5-9H2,(H,18,20). The molecule has 1 N–H and O–H groups in total. The Balaban J connectivity index is 1.46. The molecule has 3 saturated heterocycles. The Hall–Kier alpha value is -1.30. The maximum atomic E-state index is 12.5. The van der Waals surface area contributed by atoms with Crippen LogP contribution in [0.4, 0.5) is 0 Å². The molecule has 5 rings (SSSR count). The number of piperidine rings is 3. The first-order valence-corrected chi connectivity index (χ1v) is 8.77. The van der Waals surface area contributed by atoms with Crippen LogP contribution in [0.1, 0.15) is 22.5 Å². The van der Waals surface area contributed by atoms with E-state index in [2.05, 4.69) is 10.2 Å². The first-order valence-electron chi connectivity index (χ1n) is 7.58. The van der Waals surface area contributed by atoms with Crippen molar-refractivity contribution in [3.8, 4) is 10.6 Å². The minimum Gasteiger partial charge on any atom is -0.444 e. The molecule has 116 valence electrons. The highest BCUT2D eigenvalue weighted by Crippen LogP contribution is 2.32. The highest BCUT2D eigenvalue weighted by Gasteiger charge is 2.35. The van der Waals surface area contributed by atoms with Gasteiger partial charge in [-0.2, -0.15) is 0 Å². The fourth-order valence-corrected chi connectivity index (χ4v) is 4.42. The number of carbonyl (C=O) groups is 1. The van der Waals surface area contributed by atoms with Crippen molar-refractivity contribution in [2.45, 2.75) is 18.9 Å². The molecule has 5 heterocycles. The van der Waals surface area contributed by atoms with Gasteiger partial charge in [0.05, 0.1) is 9.75 Å². The summed E-state index contributed by atoms with van der Waals surface area (Å²) in [6.07, 6.45) is 2.40. The number of hydrogen-bond acceptors (Lipinski definition) is 4. The molecule has 3 fully saturated rings. The van der Waals surface area contributed by atoms with Gasteiger partial charge in [0.2, 0.25) is 0 Å². The third kappa shape index (κ3) is 2.69. The maximum absolute atomic E-state index is 12.5. The van der Waals surface area contributed by atoms with Crippen LogP contribution in [-0.4, -0.2) is 36.5 Å². The average molecular weight is 337 g/mol. The van der Waals surface area contributed by atoms with Gasteiger partial charge in [0.25, 0.3) is 5.91 Å². The Labute approximate surface area is 138 Å². The van der Waals surface area contributed by atoms with Crippen molar-refractivity contribution in [2.24, 2.45) is 5.92 Å². The van der Waals surface area contributed by atoms with Gasteiger partial charge >= 0.3 is 0 Å². The summed E-state index contributed by atoms with van der Waals surface area (Å²) in [4.78, 5) is 16.5. The Kier molecular flexibility index (Phi) is 3.72. The molecule has 1 amide bonds. The molecule has 0 aliphatic carbocycles. The summed E-state index contributed by atoms with van der Waals surface area (Å²) in [5, 5.41) is 3.57. The molecule has 6 heteroatoms. The highest BCUT2D eigenvalue weighted by atomic mass is 35.5. The molecule has 2 aromatic rings. The van der Waals surface area contributed by atoms with E-state index >= 15 is 0 Å². The molecule has 2 aromatic heterocycles. The van der Waals surface area contributed by atoms with E-state index in [1.165, 1.54) is 37.3 Å². The van der Waals surface area contributed by atoms with Gasteiger partial charge in [-0.1, -0.05) is 0 Å². The number of thiophene rings is 1. The second-order valence-electron chi connectivity index (χ2n) is 5.99. The van der Waals surface area contributed by atoms with Crippen LogP contribution in [0.3, 0.4) is 0 Å². The van der Waals surface area contributed by atoms with Crippen molar-refractivity contribution in [1.82, 2.24) is 10.2 Å². The lowest BCUT2D eigenvalue weighted by Crippen LogP contribution is -2.57. The largest absolute Gasteiger partial charge is 0.444 e. The van der Waals surface area contributed by atoms with Crippen molar-refractivity contribution < 1.29 is 9.21 Å². The molecule has 1 unspecified atom stereocenters. The van der Waals surface area contributed by atoms with Crippen LogP contribution in [-0.2, 0) is 0 Å². The van der Waals surface area contributed by atoms with Crippen molar-refractivity contribution >= 4 is 28.8 Å². The number of nitrogens with one attached hydrogen (secondary N) is 1. The van der Waals surface area contributed by atoms with E-state index in [0.717, 1.165) is 16.3 Å². The SMILES string of the molecule is O=C(NC1CN2CCC1CC2)c1ccc(-c2ccc(Cl)o2)s1. The van der Waals surface area contributed by atoms with Crippen molar-refractivity contribution in [3.63, 3.8) is 0 Å². The predicted octanol–water partition coefficient (Wildman–Crippen LogP) is 3.49. The number of furan rings is 1. The van der Waals surface area contributed by atoms with Crippen LogP contribution in [0.25, 0.3) is 10.6 Å². The number of carbonyl (C=O) groups excluding carboxylic acids is 1. The number of hydrogen-bond donors (Lipinski definition) is 1. The topological polar surface area (TPSA) is 45.5 Å². The number of nitrogens with zero attached hydrogens (tertiary/aromatic N) is 1. The first-order chi connectivity index (χ1) is 10.7. The molecule has 3 aliphatic heterocycles. The Morgan fingerprint density at radius 2 is 2.09 bits per heavy atom. The van der Waals surface area contributed by atoms with Crippen LogP contribution in [0.2, 0.25) is 5.22 Å². The zero-order chi connectivity index (χ0) is 15.1. The average Bonchev–Trinajstić information content (AvgIpc) is 3.17. The maximum Gasteiger partial charge on any atom is 0.261 e. The molecular weight excluding hydrogens is 320 g/mol. The van der Waals surface area contributed by atoms with Gasteiger partial charge in [0.1, 0.15) is 5.76 Å². The van der Waals surface area contributed by atoms with E-state index in [0.29, 0.717) is 22.9 Å². The second-order valence-corrected chi connectivity index (χ2v) is 7.44. The zero-order valence-electron chi connectivity index (χ0n) is 12.0. The molecule has 4 nitrogen and oxygen atoms in total. The third-order valence-corrected chi connectivity index (χ3v) is 5.92. The van der Waals surface area contributed by atoms with Crippen LogP contribution >= 0.6 is 22.9 Å². The van der Waals surface area contributed by atoms with Crippen molar-refractivity contribution in [3.05, 3.63) is 34.4 Å². The Morgan fingerprint density at radius 1 is 1.27 bits per heavy atom. The minimum atomic E-state index is 0.0210. The van der Waals surface area contributed by atoms with Gasteiger partial charge < -0.3 is 14.6 Å². The van der Waals surface area contributed by atoms with Crippen molar-refractivity contribution in [1.29, 1.82) is 0 Å². The molecule has 3 aliphatic rings. The van der Waals surface area contributed by atoms with E-state index in [1.807, 2.05) is 18.2 Å². The molecule has 22 heavy (non-hydrogen) atoms. The van der Waals surface area contributed by atoms with Gasteiger partial charge in [0, 0.05) is 12.6 Å². The summed E-state index contributed by atoms with van der Waals surface area (Å²) >= 11 is 7.24. The number of rotatable bonds is 3. The lowest BCUT2D eigenvalue weighted by Gasteiger charge is -2.44. The normalized spacial score (nSPS) is 27.0. The molecular formula is C16H17ClN2O2S. The molecule has 0 saturated carbocycles.